The Morgan fingerprint density at radius 3 is 2.33 bits per heavy atom. The Labute approximate surface area is 86.9 Å². The first kappa shape index (κ1) is 12.0. The molecule has 0 aromatic carbocycles. The molecule has 1 aromatic heterocycles. The monoisotopic (exact) mass is 214 g/mol. The topological polar surface area (TPSA) is 107 Å². The number of rotatable bonds is 4. The predicted octanol–water partition coefficient (Wildman–Crippen LogP) is -1.47. The largest absolute Gasteiger partial charge is 0.394 e. The van der Waals surface area contributed by atoms with E-state index in [9.17, 15) is 10.2 Å². The molecule has 6 heteroatoms. The van der Waals surface area contributed by atoms with Gasteiger partial charge in [-0.2, -0.15) is 0 Å². The van der Waals surface area contributed by atoms with Crippen molar-refractivity contribution in [3.63, 3.8) is 0 Å². The molecule has 0 radical (unpaired) electrons. The van der Waals surface area contributed by atoms with Gasteiger partial charge in [0.15, 0.2) is 0 Å². The second kappa shape index (κ2) is 5.13. The zero-order chi connectivity index (χ0) is 11.4. The van der Waals surface area contributed by atoms with Crippen molar-refractivity contribution in [1.82, 2.24) is 9.97 Å². The van der Waals surface area contributed by atoms with Crippen molar-refractivity contribution >= 4 is 0 Å². The number of aromatic nitrogens is 2. The van der Waals surface area contributed by atoms with E-state index in [1.165, 1.54) is 12.4 Å². The zero-order valence-corrected chi connectivity index (χ0v) is 8.28. The fraction of sp³-hybridized carbons (Fsp3) is 0.556. The number of aryl methyl sites for hydroxylation is 1. The lowest BCUT2D eigenvalue weighted by atomic mass is 10.1. The van der Waals surface area contributed by atoms with Gasteiger partial charge in [-0.3, -0.25) is 9.97 Å². The van der Waals surface area contributed by atoms with Crippen LogP contribution in [-0.2, 0) is 0 Å². The van der Waals surface area contributed by atoms with E-state index in [4.69, 9.17) is 10.2 Å². The van der Waals surface area contributed by atoms with Gasteiger partial charge in [-0.25, -0.2) is 0 Å². The number of hydrogen-bond donors (Lipinski definition) is 4. The highest BCUT2D eigenvalue weighted by molar-refractivity contribution is 5.05. The van der Waals surface area contributed by atoms with Crippen molar-refractivity contribution in [1.29, 1.82) is 0 Å². The summed E-state index contributed by atoms with van der Waals surface area (Å²) in [4.78, 5) is 7.74. The molecule has 0 saturated heterocycles. The molecule has 0 aliphatic rings. The third kappa shape index (κ3) is 2.93. The molecule has 84 valence electrons. The number of aliphatic hydroxyl groups is 4. The number of aliphatic hydroxyl groups excluding tert-OH is 4. The maximum absolute atomic E-state index is 9.56. The molecular formula is C9H14N2O4. The average molecular weight is 214 g/mol. The Kier molecular flexibility index (Phi) is 4.10. The molecule has 0 aliphatic heterocycles. The van der Waals surface area contributed by atoms with Crippen LogP contribution in [0.15, 0.2) is 12.4 Å². The molecule has 1 aromatic rings. The maximum Gasteiger partial charge on any atom is 0.126 e. The first-order valence-corrected chi connectivity index (χ1v) is 4.50. The van der Waals surface area contributed by atoms with Crippen molar-refractivity contribution in [2.45, 2.75) is 25.2 Å². The van der Waals surface area contributed by atoms with Gasteiger partial charge in [-0.05, 0) is 6.92 Å². The van der Waals surface area contributed by atoms with Gasteiger partial charge in [0.2, 0.25) is 0 Å². The average Bonchev–Trinajstić information content (AvgIpc) is 2.27. The molecular weight excluding hydrogens is 200 g/mol. The van der Waals surface area contributed by atoms with E-state index in [1.54, 1.807) is 6.92 Å². The highest BCUT2D eigenvalue weighted by Crippen LogP contribution is 2.15. The summed E-state index contributed by atoms with van der Waals surface area (Å²) in [5.74, 6) is 0. The summed E-state index contributed by atoms with van der Waals surface area (Å²) in [6.45, 7) is 1.11. The van der Waals surface area contributed by atoms with Crippen LogP contribution in [0.3, 0.4) is 0 Å². The molecule has 1 rings (SSSR count). The van der Waals surface area contributed by atoms with Crippen molar-refractivity contribution < 1.29 is 20.4 Å². The molecule has 15 heavy (non-hydrogen) atoms. The smallest absolute Gasteiger partial charge is 0.126 e. The zero-order valence-electron chi connectivity index (χ0n) is 8.28. The van der Waals surface area contributed by atoms with Crippen LogP contribution < -0.4 is 0 Å². The van der Waals surface area contributed by atoms with Gasteiger partial charge in [0, 0.05) is 6.20 Å². The molecule has 0 aliphatic carbocycles. The van der Waals surface area contributed by atoms with Crippen molar-refractivity contribution in [3.8, 4) is 0 Å². The van der Waals surface area contributed by atoms with E-state index in [0.29, 0.717) is 5.69 Å². The summed E-state index contributed by atoms with van der Waals surface area (Å²) in [5.41, 5.74) is 0.837. The lowest BCUT2D eigenvalue weighted by Gasteiger charge is -2.20. The standard InChI is InChI=1S/C9H14N2O4/c1-5-2-11-6(3-10-5)8(14)9(15)7(13)4-12/h2-3,7-9,12-15H,4H2,1H3/t7-,8+,9+/m1/s1. The van der Waals surface area contributed by atoms with E-state index >= 15 is 0 Å². The van der Waals surface area contributed by atoms with Gasteiger partial charge >= 0.3 is 0 Å². The van der Waals surface area contributed by atoms with Crippen LogP contribution in [0.5, 0.6) is 0 Å². The van der Waals surface area contributed by atoms with Crippen LogP contribution in [0.4, 0.5) is 0 Å². The van der Waals surface area contributed by atoms with E-state index in [1.807, 2.05) is 0 Å². The molecule has 0 bridgehead atoms. The summed E-state index contributed by atoms with van der Waals surface area (Å²) in [6.07, 6.45) is -1.49. The lowest BCUT2D eigenvalue weighted by molar-refractivity contribution is -0.0790. The van der Waals surface area contributed by atoms with Gasteiger partial charge in [0.05, 0.1) is 24.2 Å². The minimum atomic E-state index is -1.48. The third-order valence-electron chi connectivity index (χ3n) is 2.01. The second-order valence-electron chi connectivity index (χ2n) is 3.27. The summed E-state index contributed by atoms with van der Waals surface area (Å²) in [6, 6.07) is 0. The van der Waals surface area contributed by atoms with Crippen LogP contribution in [0.1, 0.15) is 17.5 Å². The van der Waals surface area contributed by atoms with Gasteiger partial charge < -0.3 is 20.4 Å². The van der Waals surface area contributed by atoms with Crippen LogP contribution >= 0.6 is 0 Å². The summed E-state index contributed by atoms with van der Waals surface area (Å²) < 4.78 is 0. The Bertz CT molecular complexity index is 303. The molecule has 0 amide bonds. The molecule has 1 heterocycles. The Hall–Kier alpha value is -1.08. The number of nitrogens with zero attached hydrogens (tertiary/aromatic N) is 2. The van der Waals surface area contributed by atoms with Gasteiger partial charge in [0.25, 0.3) is 0 Å². The Morgan fingerprint density at radius 2 is 1.87 bits per heavy atom. The quantitative estimate of drug-likeness (QED) is 0.487. The maximum atomic E-state index is 9.56. The van der Waals surface area contributed by atoms with Crippen LogP contribution in [0, 0.1) is 6.92 Å². The first-order valence-electron chi connectivity index (χ1n) is 4.50. The van der Waals surface area contributed by atoms with E-state index < -0.39 is 24.9 Å². The van der Waals surface area contributed by atoms with E-state index in [2.05, 4.69) is 9.97 Å². The van der Waals surface area contributed by atoms with Gasteiger partial charge in [0.1, 0.15) is 18.3 Å². The lowest BCUT2D eigenvalue weighted by Crippen LogP contribution is -2.35. The second-order valence-corrected chi connectivity index (χ2v) is 3.27. The fourth-order valence-corrected chi connectivity index (χ4v) is 1.05. The molecule has 0 saturated carbocycles. The molecule has 0 spiro atoms. The summed E-state index contributed by atoms with van der Waals surface area (Å²) >= 11 is 0. The molecule has 3 atom stereocenters. The van der Waals surface area contributed by atoms with Gasteiger partial charge in [-0.15, -0.1) is 0 Å². The minimum Gasteiger partial charge on any atom is -0.394 e. The van der Waals surface area contributed by atoms with Crippen LogP contribution in [-0.4, -0.2) is 49.2 Å². The molecule has 4 N–H and O–H groups in total. The molecule has 6 nitrogen and oxygen atoms in total. The minimum absolute atomic E-state index is 0.153. The molecule has 0 unspecified atom stereocenters. The van der Waals surface area contributed by atoms with Crippen LogP contribution in [0.2, 0.25) is 0 Å². The SMILES string of the molecule is Cc1cnc([C@H](O)[C@@H](O)[C@H](O)CO)cn1. The highest BCUT2D eigenvalue weighted by atomic mass is 16.4. The fourth-order valence-electron chi connectivity index (χ4n) is 1.05. The van der Waals surface area contributed by atoms with Crippen molar-refractivity contribution in [2.75, 3.05) is 6.61 Å². The predicted molar refractivity (Wildman–Crippen MR) is 50.8 cm³/mol. The van der Waals surface area contributed by atoms with Crippen molar-refractivity contribution in [2.24, 2.45) is 0 Å². The highest BCUT2D eigenvalue weighted by Gasteiger charge is 2.26. The third-order valence-corrected chi connectivity index (χ3v) is 2.01. The van der Waals surface area contributed by atoms with E-state index in [0.717, 1.165) is 0 Å². The normalized spacial score (nSPS) is 17.1. The Morgan fingerprint density at radius 1 is 1.20 bits per heavy atom. The van der Waals surface area contributed by atoms with Crippen molar-refractivity contribution in [3.05, 3.63) is 23.8 Å². The summed E-state index contributed by atoms with van der Waals surface area (Å²) in [5, 5.41) is 36.6. The van der Waals surface area contributed by atoms with Crippen LogP contribution in [0.25, 0.3) is 0 Å². The van der Waals surface area contributed by atoms with E-state index in [-0.39, 0.29) is 5.69 Å². The van der Waals surface area contributed by atoms with Gasteiger partial charge in [-0.1, -0.05) is 0 Å². The summed E-state index contributed by atoms with van der Waals surface area (Å²) in [7, 11) is 0. The number of hydrogen-bond acceptors (Lipinski definition) is 6. The Balaban J connectivity index is 2.75. The molecule has 0 fully saturated rings. The first-order chi connectivity index (χ1) is 7.06.